The number of nitrogens with one attached hydrogen (secondary N) is 1. The van der Waals surface area contributed by atoms with Crippen LogP contribution in [0.15, 0.2) is 47.4 Å². The molecule has 5 nitrogen and oxygen atoms in total. The van der Waals surface area contributed by atoms with Crippen LogP contribution in [0.5, 0.6) is 0 Å². The zero-order valence-electron chi connectivity index (χ0n) is 12.8. The van der Waals surface area contributed by atoms with E-state index in [-0.39, 0.29) is 20.6 Å². The highest BCUT2D eigenvalue weighted by Gasteiger charge is 2.19. The Morgan fingerprint density at radius 2 is 1.79 bits per heavy atom. The van der Waals surface area contributed by atoms with Crippen LogP contribution in [0.25, 0.3) is 0 Å². The van der Waals surface area contributed by atoms with E-state index in [9.17, 15) is 13.2 Å². The highest BCUT2D eigenvalue weighted by Crippen LogP contribution is 2.27. The maximum Gasteiger partial charge on any atom is 0.338 e. The van der Waals surface area contributed by atoms with Crippen molar-refractivity contribution in [3.8, 4) is 0 Å². The molecule has 0 unspecified atom stereocenters. The van der Waals surface area contributed by atoms with Crippen LogP contribution < -0.4 is 4.72 Å². The van der Waals surface area contributed by atoms with Crippen LogP contribution >= 0.6 is 23.2 Å². The molecule has 0 aliphatic carbocycles. The van der Waals surface area contributed by atoms with Gasteiger partial charge in [-0.25, -0.2) is 13.2 Å². The molecule has 0 atom stereocenters. The summed E-state index contributed by atoms with van der Waals surface area (Å²) in [6, 6.07) is 10.1. The minimum Gasteiger partial charge on any atom is -0.462 e. The van der Waals surface area contributed by atoms with E-state index < -0.39 is 16.0 Å². The maximum absolute atomic E-state index is 12.4. The SMILES string of the molecule is CCCOC(=O)c1ccc(NS(=O)(=O)c2cc(Cl)ccc2Cl)cc1. The third kappa shape index (κ3) is 4.63. The zero-order valence-corrected chi connectivity index (χ0v) is 15.1. The average molecular weight is 388 g/mol. The lowest BCUT2D eigenvalue weighted by molar-refractivity contribution is 0.0505. The van der Waals surface area contributed by atoms with E-state index in [1.807, 2.05) is 6.92 Å². The Morgan fingerprint density at radius 1 is 1.12 bits per heavy atom. The van der Waals surface area contributed by atoms with Crippen molar-refractivity contribution in [1.82, 2.24) is 0 Å². The van der Waals surface area contributed by atoms with Crippen LogP contribution in [-0.4, -0.2) is 21.0 Å². The van der Waals surface area contributed by atoms with Crippen molar-refractivity contribution in [3.05, 3.63) is 58.1 Å². The zero-order chi connectivity index (χ0) is 17.7. The molecule has 0 bridgehead atoms. The van der Waals surface area contributed by atoms with Gasteiger partial charge in [0.2, 0.25) is 0 Å². The first-order valence-corrected chi connectivity index (χ1v) is 9.32. The number of sulfonamides is 1. The van der Waals surface area contributed by atoms with Gasteiger partial charge in [0.15, 0.2) is 0 Å². The van der Waals surface area contributed by atoms with Gasteiger partial charge in [0.1, 0.15) is 4.90 Å². The Balaban J connectivity index is 2.18. The monoisotopic (exact) mass is 387 g/mol. The fourth-order valence-corrected chi connectivity index (χ4v) is 3.67. The quantitative estimate of drug-likeness (QED) is 0.747. The second kappa shape index (κ2) is 7.88. The number of hydrogen-bond donors (Lipinski definition) is 1. The summed E-state index contributed by atoms with van der Waals surface area (Å²) in [6.45, 7) is 2.23. The number of halogens is 2. The van der Waals surface area contributed by atoms with Crippen molar-refractivity contribution in [3.63, 3.8) is 0 Å². The van der Waals surface area contributed by atoms with Crippen molar-refractivity contribution in [2.24, 2.45) is 0 Å². The molecule has 24 heavy (non-hydrogen) atoms. The second-order valence-corrected chi connectivity index (χ2v) is 7.39. The fourth-order valence-electron chi connectivity index (χ4n) is 1.85. The van der Waals surface area contributed by atoms with Gasteiger partial charge in [-0.3, -0.25) is 4.72 Å². The normalized spacial score (nSPS) is 11.1. The number of hydrogen-bond acceptors (Lipinski definition) is 4. The molecule has 0 saturated heterocycles. The number of carbonyl (C=O) groups is 1. The Morgan fingerprint density at radius 3 is 2.42 bits per heavy atom. The second-order valence-electron chi connectivity index (χ2n) is 4.89. The first kappa shape index (κ1) is 18.6. The summed E-state index contributed by atoms with van der Waals surface area (Å²) in [4.78, 5) is 11.6. The van der Waals surface area contributed by atoms with Crippen molar-refractivity contribution < 1.29 is 17.9 Å². The summed E-state index contributed by atoms with van der Waals surface area (Å²) in [6.07, 6.45) is 0.726. The first-order chi connectivity index (χ1) is 11.3. The van der Waals surface area contributed by atoms with Crippen LogP contribution in [0.3, 0.4) is 0 Å². The lowest BCUT2D eigenvalue weighted by Gasteiger charge is -2.10. The molecule has 128 valence electrons. The molecule has 2 aromatic rings. The smallest absolute Gasteiger partial charge is 0.338 e. The van der Waals surface area contributed by atoms with E-state index in [1.54, 1.807) is 0 Å². The topological polar surface area (TPSA) is 72.5 Å². The molecule has 2 rings (SSSR count). The minimum atomic E-state index is -3.90. The Hall–Kier alpha value is -1.76. The lowest BCUT2D eigenvalue weighted by Crippen LogP contribution is -2.14. The van der Waals surface area contributed by atoms with Gasteiger partial charge in [-0.05, 0) is 48.9 Å². The molecule has 0 fully saturated rings. The molecule has 1 N–H and O–H groups in total. The molecule has 0 heterocycles. The average Bonchev–Trinajstić information content (AvgIpc) is 2.55. The Kier molecular flexibility index (Phi) is 6.10. The van der Waals surface area contributed by atoms with Crippen molar-refractivity contribution >= 4 is 44.9 Å². The van der Waals surface area contributed by atoms with E-state index in [2.05, 4.69) is 4.72 Å². The largest absolute Gasteiger partial charge is 0.462 e. The Labute approximate surface area is 150 Å². The molecule has 0 saturated carbocycles. The molecular weight excluding hydrogens is 373 g/mol. The lowest BCUT2D eigenvalue weighted by atomic mass is 10.2. The summed E-state index contributed by atoms with van der Waals surface area (Å²) in [5, 5.41) is 0.320. The molecule has 0 radical (unpaired) electrons. The first-order valence-electron chi connectivity index (χ1n) is 7.08. The van der Waals surface area contributed by atoms with Crippen LogP contribution in [0.2, 0.25) is 10.0 Å². The van der Waals surface area contributed by atoms with Crippen molar-refractivity contribution in [2.75, 3.05) is 11.3 Å². The molecule has 8 heteroatoms. The van der Waals surface area contributed by atoms with Crippen molar-refractivity contribution in [1.29, 1.82) is 0 Å². The van der Waals surface area contributed by atoms with Crippen LogP contribution in [0, 0.1) is 0 Å². The van der Waals surface area contributed by atoms with Crippen LogP contribution in [-0.2, 0) is 14.8 Å². The molecular formula is C16H15Cl2NO4S. The van der Waals surface area contributed by atoms with Gasteiger partial charge < -0.3 is 4.74 Å². The fraction of sp³-hybridized carbons (Fsp3) is 0.188. The molecule has 2 aromatic carbocycles. The van der Waals surface area contributed by atoms with Crippen LogP contribution in [0.1, 0.15) is 23.7 Å². The van der Waals surface area contributed by atoms with Gasteiger partial charge in [0, 0.05) is 10.7 Å². The highest BCUT2D eigenvalue weighted by molar-refractivity contribution is 7.92. The number of anilines is 1. The van der Waals surface area contributed by atoms with E-state index in [1.165, 1.54) is 42.5 Å². The van der Waals surface area contributed by atoms with Gasteiger partial charge in [-0.15, -0.1) is 0 Å². The summed E-state index contributed by atoms with van der Waals surface area (Å²) in [5.74, 6) is -0.454. The molecule has 0 aliphatic rings. The third-order valence-corrected chi connectivity index (χ3v) is 5.09. The minimum absolute atomic E-state index is 0.0617. The summed E-state index contributed by atoms with van der Waals surface area (Å²) < 4.78 is 32.2. The maximum atomic E-state index is 12.4. The van der Waals surface area contributed by atoms with Gasteiger partial charge in [-0.1, -0.05) is 30.1 Å². The van der Waals surface area contributed by atoms with E-state index in [4.69, 9.17) is 27.9 Å². The number of rotatable bonds is 6. The van der Waals surface area contributed by atoms with Gasteiger partial charge in [0.25, 0.3) is 10.0 Å². The van der Waals surface area contributed by atoms with E-state index in [0.717, 1.165) is 6.42 Å². The van der Waals surface area contributed by atoms with Gasteiger partial charge in [-0.2, -0.15) is 0 Å². The molecule has 0 aliphatic heterocycles. The van der Waals surface area contributed by atoms with Gasteiger partial charge in [0.05, 0.1) is 17.2 Å². The predicted molar refractivity (Wildman–Crippen MR) is 94.3 cm³/mol. The van der Waals surface area contributed by atoms with Gasteiger partial charge >= 0.3 is 5.97 Å². The Bertz CT molecular complexity index is 836. The summed E-state index contributed by atoms with van der Waals surface area (Å²) in [5.41, 5.74) is 0.630. The molecule has 0 amide bonds. The molecule has 0 spiro atoms. The van der Waals surface area contributed by atoms with E-state index in [0.29, 0.717) is 12.2 Å². The number of benzene rings is 2. The standard InChI is InChI=1S/C16H15Cl2NO4S/c1-2-9-23-16(20)11-3-6-13(7-4-11)19-24(21,22)15-10-12(17)5-8-14(15)18/h3-8,10,19H,2,9H2,1H3. The van der Waals surface area contributed by atoms with Crippen molar-refractivity contribution in [2.45, 2.75) is 18.2 Å². The van der Waals surface area contributed by atoms with E-state index >= 15 is 0 Å². The predicted octanol–water partition coefficient (Wildman–Crippen LogP) is 4.36. The third-order valence-electron chi connectivity index (χ3n) is 2.99. The summed E-state index contributed by atoms with van der Waals surface area (Å²) >= 11 is 11.7. The summed E-state index contributed by atoms with van der Waals surface area (Å²) in [7, 11) is -3.90. The number of esters is 1. The van der Waals surface area contributed by atoms with Crippen LogP contribution in [0.4, 0.5) is 5.69 Å². The highest BCUT2D eigenvalue weighted by atomic mass is 35.5. The number of ether oxygens (including phenoxy) is 1. The molecule has 0 aromatic heterocycles. The number of carbonyl (C=O) groups excluding carboxylic acids is 1.